The molecule has 5 atom stereocenters. The van der Waals surface area contributed by atoms with Gasteiger partial charge in [-0.3, -0.25) is 0 Å². The highest BCUT2D eigenvalue weighted by molar-refractivity contribution is 6.37. The molecule has 0 aromatic heterocycles. The maximum Gasteiger partial charge on any atom is 0.345 e. The molecule has 10 heteroatoms. The van der Waals surface area contributed by atoms with Crippen molar-refractivity contribution in [3.63, 3.8) is 0 Å². The fourth-order valence-electron chi connectivity index (χ4n) is 2.25. The molecule has 24 heavy (non-hydrogen) atoms. The van der Waals surface area contributed by atoms with E-state index in [1.807, 2.05) is 0 Å². The quantitative estimate of drug-likeness (QED) is 0.534. The molecule has 4 N–H and O–H groups in total. The lowest BCUT2D eigenvalue weighted by atomic mass is 9.99. The van der Waals surface area contributed by atoms with Gasteiger partial charge in [0.15, 0.2) is 5.75 Å². The zero-order chi connectivity index (χ0) is 18.0. The van der Waals surface area contributed by atoms with Gasteiger partial charge in [0.1, 0.15) is 30.0 Å². The van der Waals surface area contributed by atoms with Crippen molar-refractivity contribution in [1.82, 2.24) is 0 Å². The van der Waals surface area contributed by atoms with Crippen LogP contribution in [0, 0.1) is 0 Å². The maximum atomic E-state index is 12.4. The zero-order valence-corrected chi connectivity index (χ0v) is 13.9. The fourth-order valence-corrected chi connectivity index (χ4v) is 2.71. The number of rotatable bonds is 4. The Balaban J connectivity index is 2.25. The van der Waals surface area contributed by atoms with E-state index in [0.717, 1.165) is 0 Å². The minimum absolute atomic E-state index is 0.00848. The Hall–Kier alpha value is -1.13. The third kappa shape index (κ3) is 3.60. The van der Waals surface area contributed by atoms with Crippen LogP contribution in [0.2, 0.25) is 10.0 Å². The van der Waals surface area contributed by atoms with Gasteiger partial charge in [0.2, 0.25) is 6.29 Å². The summed E-state index contributed by atoms with van der Waals surface area (Å²) in [6.07, 6.45) is -7.81. The van der Waals surface area contributed by atoms with Crippen LogP contribution in [0.25, 0.3) is 0 Å². The summed E-state index contributed by atoms with van der Waals surface area (Å²) in [5.41, 5.74) is -0.191. The summed E-state index contributed by atoms with van der Waals surface area (Å²) in [5, 5.41) is 38.5. The number of hydrogen-bond donors (Lipinski definition) is 4. The molecule has 1 saturated heterocycles. The number of methoxy groups -OCH3 is 1. The van der Waals surface area contributed by atoms with E-state index >= 15 is 0 Å². The Morgan fingerprint density at radius 1 is 1.17 bits per heavy atom. The maximum absolute atomic E-state index is 12.4. The number of aliphatic hydroxyl groups excluding tert-OH is 4. The number of halogens is 2. The molecule has 1 aliphatic rings. The van der Waals surface area contributed by atoms with Gasteiger partial charge in [0.05, 0.1) is 23.8 Å². The van der Waals surface area contributed by atoms with Gasteiger partial charge in [-0.2, -0.15) is 0 Å². The molecule has 0 spiro atoms. The first kappa shape index (κ1) is 19.2. The van der Waals surface area contributed by atoms with Crippen LogP contribution in [0.15, 0.2) is 12.1 Å². The molecule has 0 aliphatic carbocycles. The summed E-state index contributed by atoms with van der Waals surface area (Å²) in [6, 6.07) is 2.78. The van der Waals surface area contributed by atoms with E-state index in [-0.39, 0.29) is 21.4 Å². The molecular weight excluding hydrogens is 367 g/mol. The van der Waals surface area contributed by atoms with Crippen molar-refractivity contribution in [2.45, 2.75) is 30.7 Å². The van der Waals surface area contributed by atoms with E-state index in [0.29, 0.717) is 0 Å². The summed E-state index contributed by atoms with van der Waals surface area (Å²) in [5.74, 6) is -1.05. The first-order chi connectivity index (χ1) is 11.3. The number of esters is 1. The molecule has 134 valence electrons. The van der Waals surface area contributed by atoms with Gasteiger partial charge in [-0.05, 0) is 12.1 Å². The highest BCUT2D eigenvalue weighted by Crippen LogP contribution is 2.35. The normalized spacial score (nSPS) is 30.0. The van der Waals surface area contributed by atoms with Crippen molar-refractivity contribution in [3.8, 4) is 5.75 Å². The van der Waals surface area contributed by atoms with E-state index in [2.05, 4.69) is 0 Å². The fraction of sp³-hybridized carbons (Fsp3) is 0.500. The first-order valence-electron chi connectivity index (χ1n) is 6.85. The van der Waals surface area contributed by atoms with E-state index in [9.17, 15) is 20.1 Å². The topological polar surface area (TPSA) is 126 Å². The van der Waals surface area contributed by atoms with Gasteiger partial charge in [0.25, 0.3) is 0 Å². The Morgan fingerprint density at radius 2 is 1.79 bits per heavy atom. The van der Waals surface area contributed by atoms with Gasteiger partial charge in [0, 0.05) is 0 Å². The summed E-state index contributed by atoms with van der Waals surface area (Å²) < 4.78 is 15.1. The summed E-state index contributed by atoms with van der Waals surface area (Å²) in [4.78, 5) is 12.4. The molecule has 1 heterocycles. The second-order valence-electron chi connectivity index (χ2n) is 5.04. The van der Waals surface area contributed by atoms with Crippen LogP contribution in [-0.4, -0.2) is 70.8 Å². The van der Waals surface area contributed by atoms with Gasteiger partial charge in [-0.15, -0.1) is 0 Å². The number of ether oxygens (including phenoxy) is 3. The van der Waals surface area contributed by atoms with Crippen LogP contribution in [-0.2, 0) is 9.47 Å². The number of benzene rings is 1. The van der Waals surface area contributed by atoms with Crippen molar-refractivity contribution in [2.24, 2.45) is 0 Å². The lowest BCUT2D eigenvalue weighted by molar-refractivity contribution is -0.285. The summed E-state index contributed by atoms with van der Waals surface area (Å²) >= 11 is 11.9. The summed E-state index contributed by atoms with van der Waals surface area (Å²) in [6.45, 7) is -0.653. The second-order valence-corrected chi connectivity index (χ2v) is 5.85. The molecule has 1 aliphatic heterocycles. The molecule has 0 amide bonds. The molecular formula is C14H16Cl2O8. The van der Waals surface area contributed by atoms with Crippen molar-refractivity contribution in [3.05, 3.63) is 27.7 Å². The Bertz CT molecular complexity index is 609. The lowest BCUT2D eigenvalue weighted by Gasteiger charge is -2.39. The third-order valence-electron chi connectivity index (χ3n) is 3.54. The Morgan fingerprint density at radius 3 is 2.38 bits per heavy atom. The van der Waals surface area contributed by atoms with E-state index in [1.165, 1.54) is 19.2 Å². The van der Waals surface area contributed by atoms with E-state index < -0.39 is 43.3 Å². The predicted octanol–water partition coefficient (Wildman–Crippen LogP) is -0.0413. The highest BCUT2D eigenvalue weighted by Gasteiger charge is 2.45. The smallest absolute Gasteiger partial charge is 0.345 e. The van der Waals surface area contributed by atoms with Crippen LogP contribution in [0.1, 0.15) is 10.4 Å². The van der Waals surface area contributed by atoms with Gasteiger partial charge in [-0.25, -0.2) is 4.79 Å². The average molecular weight is 383 g/mol. The largest absolute Gasteiger partial charge is 0.494 e. The molecule has 1 aromatic rings. The highest BCUT2D eigenvalue weighted by atomic mass is 35.5. The third-order valence-corrected chi connectivity index (χ3v) is 4.15. The number of aliphatic hydroxyl groups is 4. The first-order valence-corrected chi connectivity index (χ1v) is 7.60. The van der Waals surface area contributed by atoms with Crippen LogP contribution in [0.3, 0.4) is 0 Å². The summed E-state index contributed by atoms with van der Waals surface area (Å²) in [7, 11) is 1.28. The molecule has 0 radical (unpaired) electrons. The number of carbonyl (C=O) groups is 1. The van der Waals surface area contributed by atoms with E-state index in [1.54, 1.807) is 0 Å². The van der Waals surface area contributed by atoms with Crippen LogP contribution in [0.4, 0.5) is 0 Å². The Kier molecular flexibility index (Phi) is 6.27. The Labute approximate surface area is 147 Å². The zero-order valence-electron chi connectivity index (χ0n) is 12.4. The minimum atomic E-state index is -1.73. The molecule has 1 aromatic carbocycles. The van der Waals surface area contributed by atoms with Crippen molar-refractivity contribution < 1.29 is 39.4 Å². The minimum Gasteiger partial charge on any atom is -0.494 e. The predicted molar refractivity (Wildman–Crippen MR) is 82.2 cm³/mol. The van der Waals surface area contributed by atoms with Crippen LogP contribution in [0.5, 0.6) is 5.75 Å². The number of hydrogen-bond acceptors (Lipinski definition) is 8. The van der Waals surface area contributed by atoms with Crippen molar-refractivity contribution >= 4 is 29.2 Å². The molecule has 8 nitrogen and oxygen atoms in total. The van der Waals surface area contributed by atoms with Crippen LogP contribution < -0.4 is 4.74 Å². The van der Waals surface area contributed by atoms with Gasteiger partial charge >= 0.3 is 5.97 Å². The van der Waals surface area contributed by atoms with Crippen molar-refractivity contribution in [1.29, 1.82) is 0 Å². The lowest BCUT2D eigenvalue weighted by Crippen LogP contribution is -2.59. The molecule has 1 fully saturated rings. The average Bonchev–Trinajstić information content (AvgIpc) is 2.56. The monoisotopic (exact) mass is 382 g/mol. The number of carbonyl (C=O) groups excluding carboxylic acids is 1. The van der Waals surface area contributed by atoms with E-state index in [4.69, 9.17) is 42.5 Å². The van der Waals surface area contributed by atoms with Gasteiger partial charge in [-0.1, -0.05) is 23.2 Å². The molecule has 5 unspecified atom stereocenters. The van der Waals surface area contributed by atoms with Crippen molar-refractivity contribution in [2.75, 3.05) is 13.7 Å². The van der Waals surface area contributed by atoms with Gasteiger partial charge < -0.3 is 34.6 Å². The molecule has 0 bridgehead atoms. The standard InChI is InChI=1S/C14H16Cl2O8/c1-22-12-6(16)3-2-5(15)8(12)13(21)24-14-11(20)10(19)9(18)7(4-17)23-14/h2-3,7,9-11,14,17-20H,4H2,1H3. The molecule has 0 saturated carbocycles. The second kappa shape index (κ2) is 7.83. The molecule has 2 rings (SSSR count). The van der Waals surface area contributed by atoms with Crippen LogP contribution >= 0.6 is 23.2 Å². The SMILES string of the molecule is COc1c(Cl)ccc(Cl)c1C(=O)OC1OC(CO)C(O)C(O)C1O.